The number of allylic oxidation sites excluding steroid dienone is 2. The zero-order valence-electron chi connectivity index (χ0n) is 15.9. The third-order valence-electron chi connectivity index (χ3n) is 4.18. The molecule has 2 rings (SSSR count). The van der Waals surface area contributed by atoms with Crippen LogP contribution in [0.4, 0.5) is 5.69 Å². The van der Waals surface area contributed by atoms with Crippen molar-refractivity contribution in [1.29, 1.82) is 5.26 Å². The molecule has 0 saturated heterocycles. The van der Waals surface area contributed by atoms with Crippen molar-refractivity contribution < 1.29 is 9.53 Å². The highest BCUT2D eigenvalue weighted by atomic mass is 16.5. The van der Waals surface area contributed by atoms with E-state index < -0.39 is 0 Å². The van der Waals surface area contributed by atoms with Gasteiger partial charge in [-0.05, 0) is 36.6 Å². The van der Waals surface area contributed by atoms with E-state index >= 15 is 0 Å². The van der Waals surface area contributed by atoms with Crippen molar-refractivity contribution in [2.24, 2.45) is 9.98 Å². The Morgan fingerprint density at radius 1 is 1.44 bits per heavy atom. The molecule has 1 heterocycles. The lowest BCUT2D eigenvalue weighted by atomic mass is 9.98. The van der Waals surface area contributed by atoms with Crippen LogP contribution < -0.4 is 9.64 Å². The summed E-state index contributed by atoms with van der Waals surface area (Å²) in [7, 11) is 3.39. The lowest BCUT2D eigenvalue weighted by Gasteiger charge is -2.18. The fourth-order valence-corrected chi connectivity index (χ4v) is 2.77. The Bertz CT molecular complexity index is 846. The van der Waals surface area contributed by atoms with Crippen molar-refractivity contribution in [3.05, 3.63) is 48.2 Å². The summed E-state index contributed by atoms with van der Waals surface area (Å²) < 4.78 is 5.68. The van der Waals surface area contributed by atoms with E-state index in [9.17, 15) is 4.79 Å². The molecule has 1 aliphatic rings. The molecule has 6 nitrogen and oxygen atoms in total. The van der Waals surface area contributed by atoms with Gasteiger partial charge in [-0.25, -0.2) is 4.99 Å². The van der Waals surface area contributed by atoms with Crippen LogP contribution in [0.3, 0.4) is 0 Å². The fourth-order valence-electron chi connectivity index (χ4n) is 2.77. The Labute approximate surface area is 160 Å². The predicted octanol–water partition coefficient (Wildman–Crippen LogP) is 3.69. The molecule has 0 spiro atoms. The summed E-state index contributed by atoms with van der Waals surface area (Å²) >= 11 is 0. The molecule has 1 aromatic carbocycles. The van der Waals surface area contributed by atoms with E-state index in [0.29, 0.717) is 55.1 Å². The molecular formula is C21H24N4O2. The number of unbranched alkanes of at least 4 members (excludes halogenated alkanes) is 1. The van der Waals surface area contributed by atoms with Gasteiger partial charge >= 0.3 is 0 Å². The van der Waals surface area contributed by atoms with Crippen LogP contribution in [0.15, 0.2) is 52.6 Å². The maximum absolute atomic E-state index is 12.2. The standard InChI is InChI=1S/C21H24N4O2/c1-15(7-5-6-11-22)21(24-16(2)14-23-3)17-8-9-19-18(13-17)25(4)20(26)10-12-27-19/h8-9,13-14H,1-2,5-7,10,12H2,3-4H3. The molecular weight excluding hydrogens is 340 g/mol. The zero-order valence-corrected chi connectivity index (χ0v) is 15.9. The number of aliphatic imine (C=N–C) groups is 2. The number of nitrogens with zero attached hydrogens (tertiary/aromatic N) is 4. The molecule has 6 heteroatoms. The molecule has 140 valence electrons. The van der Waals surface area contributed by atoms with E-state index in [1.54, 1.807) is 25.2 Å². The quantitative estimate of drug-likeness (QED) is 0.547. The van der Waals surface area contributed by atoms with Crippen molar-refractivity contribution in [2.75, 3.05) is 25.6 Å². The number of nitriles is 1. The molecule has 1 aliphatic heterocycles. The third kappa shape index (κ3) is 5.14. The number of fused-ring (bicyclic) bond motifs is 1. The largest absolute Gasteiger partial charge is 0.491 e. The molecule has 0 atom stereocenters. The summed E-state index contributed by atoms with van der Waals surface area (Å²) in [6, 6.07) is 7.76. The van der Waals surface area contributed by atoms with E-state index in [1.165, 1.54) is 0 Å². The molecule has 1 amide bonds. The lowest BCUT2D eigenvalue weighted by molar-refractivity contribution is -0.118. The highest BCUT2D eigenvalue weighted by Crippen LogP contribution is 2.32. The summed E-state index contributed by atoms with van der Waals surface area (Å²) in [4.78, 5) is 22.3. The number of carbonyl (C=O) groups excluding carboxylic acids is 1. The van der Waals surface area contributed by atoms with E-state index in [-0.39, 0.29) is 5.91 Å². The van der Waals surface area contributed by atoms with Crippen molar-refractivity contribution in [2.45, 2.75) is 25.7 Å². The Kier molecular flexibility index (Phi) is 7.07. The van der Waals surface area contributed by atoms with Crippen LogP contribution in [0.2, 0.25) is 0 Å². The number of rotatable bonds is 7. The minimum absolute atomic E-state index is 0.000221. The van der Waals surface area contributed by atoms with Crippen LogP contribution in [0.5, 0.6) is 5.75 Å². The molecule has 0 N–H and O–H groups in total. The van der Waals surface area contributed by atoms with E-state index in [0.717, 1.165) is 11.1 Å². The van der Waals surface area contributed by atoms with Gasteiger partial charge in [-0.3, -0.25) is 9.79 Å². The maximum Gasteiger partial charge on any atom is 0.230 e. The highest BCUT2D eigenvalue weighted by molar-refractivity contribution is 6.14. The first-order chi connectivity index (χ1) is 13.0. The van der Waals surface area contributed by atoms with Gasteiger partial charge in [0, 0.05) is 32.3 Å². The Balaban J connectivity index is 2.45. The van der Waals surface area contributed by atoms with Gasteiger partial charge in [0.2, 0.25) is 5.91 Å². The molecule has 0 unspecified atom stereocenters. The van der Waals surface area contributed by atoms with Crippen LogP contribution in [0.25, 0.3) is 0 Å². The molecule has 27 heavy (non-hydrogen) atoms. The van der Waals surface area contributed by atoms with E-state index in [4.69, 9.17) is 10.00 Å². The van der Waals surface area contributed by atoms with Gasteiger partial charge in [-0.1, -0.05) is 13.2 Å². The van der Waals surface area contributed by atoms with Gasteiger partial charge in [0.1, 0.15) is 5.75 Å². The average molecular weight is 364 g/mol. The molecule has 0 fully saturated rings. The van der Waals surface area contributed by atoms with Gasteiger partial charge in [0.15, 0.2) is 0 Å². The van der Waals surface area contributed by atoms with Crippen molar-refractivity contribution in [3.8, 4) is 11.8 Å². The van der Waals surface area contributed by atoms with Crippen molar-refractivity contribution in [1.82, 2.24) is 0 Å². The Morgan fingerprint density at radius 3 is 2.93 bits per heavy atom. The summed E-state index contributed by atoms with van der Waals surface area (Å²) in [6.45, 7) is 8.40. The second kappa shape index (κ2) is 9.48. The van der Waals surface area contributed by atoms with Gasteiger partial charge < -0.3 is 9.64 Å². The minimum atomic E-state index is -0.000221. The number of ether oxygens (including phenoxy) is 1. The first kappa shape index (κ1) is 20.1. The number of carbonyl (C=O) groups is 1. The third-order valence-corrected chi connectivity index (χ3v) is 4.18. The van der Waals surface area contributed by atoms with Gasteiger partial charge in [0.25, 0.3) is 0 Å². The summed E-state index contributed by atoms with van der Waals surface area (Å²) in [5, 5.41) is 8.77. The van der Waals surface area contributed by atoms with Gasteiger partial charge in [0.05, 0.1) is 36.2 Å². The predicted molar refractivity (Wildman–Crippen MR) is 109 cm³/mol. The van der Waals surface area contributed by atoms with Gasteiger partial charge in [-0.15, -0.1) is 0 Å². The molecule has 1 aromatic rings. The summed E-state index contributed by atoms with van der Waals surface area (Å²) in [5.74, 6) is 0.662. The monoisotopic (exact) mass is 364 g/mol. The van der Waals surface area contributed by atoms with Crippen LogP contribution >= 0.6 is 0 Å². The number of benzene rings is 1. The summed E-state index contributed by atoms with van der Waals surface area (Å²) in [5.41, 5.74) is 3.49. The number of hydrogen-bond acceptors (Lipinski definition) is 5. The number of hydrogen-bond donors (Lipinski definition) is 0. The van der Waals surface area contributed by atoms with Crippen LogP contribution in [-0.4, -0.2) is 38.5 Å². The normalized spacial score (nSPS) is 14.3. The van der Waals surface area contributed by atoms with E-state index in [1.807, 2.05) is 18.2 Å². The second-order valence-corrected chi connectivity index (χ2v) is 6.19. The zero-order chi connectivity index (χ0) is 19.8. The highest BCUT2D eigenvalue weighted by Gasteiger charge is 2.21. The molecule has 0 aliphatic carbocycles. The first-order valence-corrected chi connectivity index (χ1v) is 8.76. The summed E-state index contributed by atoms with van der Waals surface area (Å²) in [6.07, 6.45) is 3.72. The first-order valence-electron chi connectivity index (χ1n) is 8.76. The van der Waals surface area contributed by atoms with Crippen LogP contribution in [0, 0.1) is 11.3 Å². The SMILES string of the molecule is C=C(C=NC)N=C(C(=C)CCCC#N)c1ccc2c(c1)N(C)C(=O)CCO2. The van der Waals surface area contributed by atoms with Crippen LogP contribution in [-0.2, 0) is 4.79 Å². The Hall–Kier alpha value is -3.20. The average Bonchev–Trinajstić information content (AvgIpc) is 2.79. The van der Waals surface area contributed by atoms with Crippen molar-refractivity contribution >= 4 is 23.5 Å². The Morgan fingerprint density at radius 2 is 2.22 bits per heavy atom. The topological polar surface area (TPSA) is 78.0 Å². The fraction of sp³-hybridized carbons (Fsp3) is 0.333. The molecule has 0 radical (unpaired) electrons. The second-order valence-electron chi connectivity index (χ2n) is 6.19. The number of anilines is 1. The van der Waals surface area contributed by atoms with Gasteiger partial charge in [-0.2, -0.15) is 5.26 Å². The maximum atomic E-state index is 12.2. The van der Waals surface area contributed by atoms with Crippen LogP contribution in [0.1, 0.15) is 31.2 Å². The molecule has 0 saturated carbocycles. The van der Waals surface area contributed by atoms with Crippen molar-refractivity contribution in [3.63, 3.8) is 0 Å². The lowest BCUT2D eigenvalue weighted by Crippen LogP contribution is -2.25. The molecule has 0 bridgehead atoms. The van der Waals surface area contributed by atoms with E-state index in [2.05, 4.69) is 29.2 Å². The minimum Gasteiger partial charge on any atom is -0.491 e. The number of amides is 1. The molecule has 0 aromatic heterocycles. The smallest absolute Gasteiger partial charge is 0.230 e.